The number of rotatable bonds is 3. The van der Waals surface area contributed by atoms with E-state index >= 15 is 0 Å². The van der Waals surface area contributed by atoms with Crippen LogP contribution in [0.2, 0.25) is 0 Å². The minimum atomic E-state index is 0.0551. The topological polar surface area (TPSA) is 30.3 Å². The number of aromatic nitrogens is 2. The molecule has 0 radical (unpaired) electrons. The Morgan fingerprint density at radius 1 is 1.45 bits per heavy atom. The third-order valence-electron chi connectivity index (χ3n) is 4.93. The first kappa shape index (κ1) is 14.4. The van der Waals surface area contributed by atoms with Crippen LogP contribution in [0.4, 0.5) is 0 Å². The molecule has 5 heteroatoms. The number of likely N-dealkylation sites (tertiary alicyclic amines) is 1. The van der Waals surface area contributed by atoms with Crippen LogP contribution >= 0.6 is 11.3 Å². The maximum Gasteiger partial charge on any atom is 0.0949 e. The molecule has 4 rings (SSSR count). The highest BCUT2D eigenvalue weighted by molar-refractivity contribution is 7.11. The van der Waals surface area contributed by atoms with E-state index in [9.17, 15) is 0 Å². The first-order valence-corrected chi connectivity index (χ1v) is 8.93. The summed E-state index contributed by atoms with van der Waals surface area (Å²) < 4.78 is 8.51. The molecule has 0 unspecified atom stereocenters. The molecule has 4 nitrogen and oxygen atoms in total. The molecule has 0 N–H and O–H groups in total. The van der Waals surface area contributed by atoms with Crippen molar-refractivity contribution in [3.63, 3.8) is 0 Å². The van der Waals surface area contributed by atoms with Crippen molar-refractivity contribution in [3.05, 3.63) is 40.6 Å². The van der Waals surface area contributed by atoms with Gasteiger partial charge in [-0.25, -0.2) is 4.98 Å². The lowest BCUT2D eigenvalue weighted by atomic mass is 9.88. The maximum absolute atomic E-state index is 6.30. The van der Waals surface area contributed by atoms with Crippen LogP contribution in [0.15, 0.2) is 30.9 Å². The van der Waals surface area contributed by atoms with Gasteiger partial charge in [0.05, 0.1) is 24.6 Å². The predicted octanol–water partition coefficient (Wildman–Crippen LogP) is 3.25. The van der Waals surface area contributed by atoms with Crippen LogP contribution in [0.25, 0.3) is 0 Å². The minimum Gasteiger partial charge on any atom is -0.371 e. The summed E-state index contributed by atoms with van der Waals surface area (Å²) in [6.07, 6.45) is 9.38. The van der Waals surface area contributed by atoms with Gasteiger partial charge in [-0.15, -0.1) is 11.3 Å². The van der Waals surface area contributed by atoms with Crippen LogP contribution in [-0.2, 0) is 11.3 Å². The molecule has 2 aromatic rings. The molecule has 2 saturated heterocycles. The van der Waals surface area contributed by atoms with E-state index in [-0.39, 0.29) is 5.60 Å². The Kier molecular flexibility index (Phi) is 3.80. The molecule has 2 aliphatic heterocycles. The minimum absolute atomic E-state index is 0.0551. The zero-order valence-corrected chi connectivity index (χ0v) is 13.9. The van der Waals surface area contributed by atoms with Crippen molar-refractivity contribution in [2.45, 2.75) is 44.4 Å². The standard InChI is InChI=1S/C17H23N3OS/c1-14-3-4-16(22-14)10-19-7-2-5-17(12-19)9-15(11-21-17)20-8-6-18-13-20/h3-4,6,8,13,15H,2,5,7,9-12H2,1H3/t15-,17-/m1/s1. The van der Waals surface area contributed by atoms with Gasteiger partial charge in [-0.1, -0.05) is 0 Å². The first-order valence-electron chi connectivity index (χ1n) is 8.12. The molecule has 2 atom stereocenters. The Balaban J connectivity index is 1.42. The largest absolute Gasteiger partial charge is 0.371 e. The van der Waals surface area contributed by atoms with Crippen molar-refractivity contribution in [2.24, 2.45) is 0 Å². The Bertz CT molecular complexity index is 624. The quantitative estimate of drug-likeness (QED) is 0.870. The zero-order valence-electron chi connectivity index (χ0n) is 13.1. The number of hydrogen-bond donors (Lipinski definition) is 0. The van der Waals surface area contributed by atoms with Crippen LogP contribution < -0.4 is 0 Å². The third kappa shape index (κ3) is 2.85. The van der Waals surface area contributed by atoms with Crippen molar-refractivity contribution in [3.8, 4) is 0 Å². The number of hydrogen-bond acceptors (Lipinski definition) is 4. The molecule has 2 fully saturated rings. The molecule has 2 aromatic heterocycles. The Labute approximate surface area is 135 Å². The molecule has 0 aromatic carbocycles. The van der Waals surface area contributed by atoms with Gasteiger partial charge in [0.15, 0.2) is 0 Å². The van der Waals surface area contributed by atoms with Gasteiger partial charge in [-0.2, -0.15) is 0 Å². The summed E-state index contributed by atoms with van der Waals surface area (Å²) in [7, 11) is 0. The molecule has 118 valence electrons. The average molecular weight is 317 g/mol. The third-order valence-corrected chi connectivity index (χ3v) is 5.92. The highest BCUT2D eigenvalue weighted by Crippen LogP contribution is 2.39. The molecule has 0 aliphatic carbocycles. The Hall–Kier alpha value is -1.17. The number of thiophene rings is 1. The summed E-state index contributed by atoms with van der Waals surface area (Å²) in [5.41, 5.74) is 0.0551. The number of nitrogens with zero attached hydrogens (tertiary/aromatic N) is 3. The molecule has 0 bridgehead atoms. The van der Waals surface area contributed by atoms with Crippen molar-refractivity contribution >= 4 is 11.3 Å². The van der Waals surface area contributed by atoms with Crippen molar-refractivity contribution in [2.75, 3.05) is 19.7 Å². The Morgan fingerprint density at radius 3 is 3.18 bits per heavy atom. The summed E-state index contributed by atoms with van der Waals surface area (Å²) in [6, 6.07) is 4.94. The molecule has 0 amide bonds. The van der Waals surface area contributed by atoms with Crippen LogP contribution in [0, 0.1) is 6.92 Å². The van der Waals surface area contributed by atoms with Gasteiger partial charge in [0.25, 0.3) is 0 Å². The van der Waals surface area contributed by atoms with E-state index in [0.717, 1.165) is 26.1 Å². The molecule has 0 saturated carbocycles. The van der Waals surface area contributed by atoms with Gasteiger partial charge in [0.1, 0.15) is 0 Å². The van der Waals surface area contributed by atoms with E-state index in [0.29, 0.717) is 6.04 Å². The van der Waals surface area contributed by atoms with Gasteiger partial charge < -0.3 is 9.30 Å². The lowest BCUT2D eigenvalue weighted by molar-refractivity contribution is -0.0532. The van der Waals surface area contributed by atoms with E-state index in [1.54, 1.807) is 0 Å². The van der Waals surface area contributed by atoms with Crippen LogP contribution in [0.3, 0.4) is 0 Å². The number of imidazole rings is 1. The normalized spacial score (nSPS) is 29.4. The maximum atomic E-state index is 6.30. The SMILES string of the molecule is Cc1ccc(CN2CCC[C@@]3(C[C@@H](n4ccnc4)CO3)C2)s1. The van der Waals surface area contributed by atoms with Gasteiger partial charge in [0, 0.05) is 41.7 Å². The second kappa shape index (κ2) is 5.80. The van der Waals surface area contributed by atoms with Crippen molar-refractivity contribution in [1.29, 1.82) is 0 Å². The summed E-state index contributed by atoms with van der Waals surface area (Å²) in [4.78, 5) is 9.62. The highest BCUT2D eigenvalue weighted by Gasteiger charge is 2.43. The summed E-state index contributed by atoms with van der Waals surface area (Å²) in [6.45, 7) is 6.33. The average Bonchev–Trinajstić information content (AvgIpc) is 3.21. The monoisotopic (exact) mass is 317 g/mol. The number of ether oxygens (including phenoxy) is 1. The van der Waals surface area contributed by atoms with E-state index in [4.69, 9.17) is 4.74 Å². The molecule has 1 spiro atoms. The van der Waals surface area contributed by atoms with Gasteiger partial charge in [0.2, 0.25) is 0 Å². The molecular weight excluding hydrogens is 294 g/mol. The van der Waals surface area contributed by atoms with Crippen LogP contribution in [-0.4, -0.2) is 39.7 Å². The number of piperidine rings is 1. The highest BCUT2D eigenvalue weighted by atomic mass is 32.1. The fraction of sp³-hybridized carbons (Fsp3) is 0.588. The first-order chi connectivity index (χ1) is 10.7. The van der Waals surface area contributed by atoms with E-state index in [2.05, 4.69) is 39.7 Å². The van der Waals surface area contributed by atoms with E-state index < -0.39 is 0 Å². The van der Waals surface area contributed by atoms with Crippen molar-refractivity contribution < 1.29 is 4.74 Å². The van der Waals surface area contributed by atoms with E-state index in [1.165, 1.54) is 29.1 Å². The fourth-order valence-electron chi connectivity index (χ4n) is 3.90. The second-order valence-electron chi connectivity index (χ2n) is 6.69. The van der Waals surface area contributed by atoms with Gasteiger partial charge >= 0.3 is 0 Å². The van der Waals surface area contributed by atoms with Crippen LogP contribution in [0.5, 0.6) is 0 Å². The predicted molar refractivity (Wildman–Crippen MR) is 88.1 cm³/mol. The lowest BCUT2D eigenvalue weighted by Gasteiger charge is -2.39. The van der Waals surface area contributed by atoms with Gasteiger partial charge in [-0.3, -0.25) is 4.90 Å². The van der Waals surface area contributed by atoms with Crippen molar-refractivity contribution in [1.82, 2.24) is 14.5 Å². The molecule has 2 aliphatic rings. The van der Waals surface area contributed by atoms with Crippen LogP contribution in [0.1, 0.15) is 35.1 Å². The summed E-state index contributed by atoms with van der Waals surface area (Å²) in [5, 5.41) is 0. The fourth-order valence-corrected chi connectivity index (χ4v) is 4.83. The molecule has 22 heavy (non-hydrogen) atoms. The number of aryl methyl sites for hydroxylation is 1. The molecule has 4 heterocycles. The van der Waals surface area contributed by atoms with Gasteiger partial charge in [-0.05, 0) is 38.4 Å². The smallest absolute Gasteiger partial charge is 0.0949 e. The van der Waals surface area contributed by atoms with E-state index in [1.807, 2.05) is 23.9 Å². The Morgan fingerprint density at radius 2 is 2.41 bits per heavy atom. The lowest BCUT2D eigenvalue weighted by Crippen LogP contribution is -2.47. The zero-order chi connectivity index (χ0) is 15.0. The molecular formula is C17H23N3OS. The summed E-state index contributed by atoms with van der Waals surface area (Å²) in [5.74, 6) is 0. The summed E-state index contributed by atoms with van der Waals surface area (Å²) >= 11 is 1.92. The second-order valence-corrected chi connectivity index (χ2v) is 8.06.